The predicted octanol–water partition coefficient (Wildman–Crippen LogP) is 3.43. The molecule has 0 fully saturated rings. The van der Waals surface area contributed by atoms with Gasteiger partial charge in [0.1, 0.15) is 11.6 Å². The monoisotopic (exact) mass is 352 g/mol. The minimum atomic E-state index is -0.848. The first-order valence-corrected chi connectivity index (χ1v) is 7.90. The van der Waals surface area contributed by atoms with Crippen molar-refractivity contribution in [2.75, 3.05) is 7.11 Å². The maximum Gasteiger partial charge on any atom is 0.408 e. The summed E-state index contributed by atoms with van der Waals surface area (Å²) in [7, 11) is 1.28. The summed E-state index contributed by atoms with van der Waals surface area (Å²) in [5.74, 6) is -0.538. The lowest BCUT2D eigenvalue weighted by molar-refractivity contribution is -0.143. The highest BCUT2D eigenvalue weighted by atomic mass is 35.5. The van der Waals surface area contributed by atoms with E-state index in [-0.39, 0.29) is 6.42 Å². The third-order valence-corrected chi connectivity index (χ3v) is 3.57. The number of hydrogen-bond acceptors (Lipinski definition) is 4. The highest BCUT2D eigenvalue weighted by molar-refractivity contribution is 6.31. The molecule has 0 aliphatic heterocycles. The second-order valence-corrected chi connectivity index (χ2v) is 6.87. The minimum Gasteiger partial charge on any atom is -0.467 e. The van der Waals surface area contributed by atoms with Crippen molar-refractivity contribution in [1.29, 1.82) is 0 Å². The average molecular weight is 353 g/mol. The van der Waals surface area contributed by atoms with Crippen LogP contribution in [0, 0.1) is 0 Å². The quantitative estimate of drug-likeness (QED) is 0.826. The smallest absolute Gasteiger partial charge is 0.408 e. The molecule has 24 heavy (non-hydrogen) atoms. The van der Waals surface area contributed by atoms with Crippen LogP contribution in [0.5, 0.6) is 0 Å². The number of hydrogen-bond donors (Lipinski definition) is 2. The molecule has 1 unspecified atom stereocenters. The van der Waals surface area contributed by atoms with E-state index in [0.717, 1.165) is 16.5 Å². The van der Waals surface area contributed by atoms with Gasteiger partial charge in [0.15, 0.2) is 0 Å². The van der Waals surface area contributed by atoms with E-state index in [9.17, 15) is 9.59 Å². The lowest BCUT2D eigenvalue weighted by Crippen LogP contribution is -2.45. The maximum absolute atomic E-state index is 12.0. The molecule has 1 aromatic heterocycles. The summed E-state index contributed by atoms with van der Waals surface area (Å²) in [4.78, 5) is 27.1. The molecule has 0 aliphatic rings. The van der Waals surface area contributed by atoms with E-state index in [2.05, 4.69) is 10.3 Å². The summed E-state index contributed by atoms with van der Waals surface area (Å²) in [5, 5.41) is 4.11. The van der Waals surface area contributed by atoms with E-state index in [1.54, 1.807) is 39.1 Å². The van der Waals surface area contributed by atoms with Gasteiger partial charge in [-0.1, -0.05) is 17.7 Å². The number of halogens is 1. The van der Waals surface area contributed by atoms with Gasteiger partial charge in [-0.05, 0) is 38.5 Å². The van der Waals surface area contributed by atoms with Gasteiger partial charge in [-0.25, -0.2) is 9.59 Å². The summed E-state index contributed by atoms with van der Waals surface area (Å²) >= 11 is 5.97. The zero-order chi connectivity index (χ0) is 17.9. The normalized spacial score (nSPS) is 12.7. The van der Waals surface area contributed by atoms with Gasteiger partial charge in [-0.15, -0.1) is 0 Å². The van der Waals surface area contributed by atoms with Crippen molar-refractivity contribution in [1.82, 2.24) is 10.3 Å². The molecular formula is C17H21ClN2O4. The zero-order valence-electron chi connectivity index (χ0n) is 14.1. The van der Waals surface area contributed by atoms with Crippen LogP contribution in [0.1, 0.15) is 26.3 Å². The van der Waals surface area contributed by atoms with E-state index in [4.69, 9.17) is 21.1 Å². The SMILES string of the molecule is COC(=O)C(Cc1c[nH]c2cc(Cl)ccc12)NC(=O)OC(C)(C)C. The number of aromatic nitrogens is 1. The van der Waals surface area contributed by atoms with Crippen molar-refractivity contribution in [3.8, 4) is 0 Å². The van der Waals surface area contributed by atoms with E-state index < -0.39 is 23.7 Å². The number of carbonyl (C=O) groups is 2. The van der Waals surface area contributed by atoms with Crippen molar-refractivity contribution in [3.05, 3.63) is 35.0 Å². The molecule has 0 bridgehead atoms. The Balaban J connectivity index is 2.19. The fourth-order valence-electron chi connectivity index (χ4n) is 2.33. The fourth-order valence-corrected chi connectivity index (χ4v) is 2.50. The second kappa shape index (κ2) is 7.13. The first kappa shape index (κ1) is 18.1. The van der Waals surface area contributed by atoms with Crippen LogP contribution in [-0.4, -0.2) is 35.8 Å². The molecule has 0 saturated carbocycles. The van der Waals surface area contributed by atoms with E-state index >= 15 is 0 Å². The lowest BCUT2D eigenvalue weighted by atomic mass is 10.1. The molecule has 2 rings (SSSR count). The number of ether oxygens (including phenoxy) is 2. The standard InChI is InChI=1S/C17H21ClN2O4/c1-17(2,3)24-16(22)20-14(15(21)23-4)7-10-9-19-13-8-11(18)5-6-12(10)13/h5-6,8-9,14,19H,7H2,1-4H3,(H,20,22). The Labute approximate surface area is 145 Å². The number of H-pyrrole nitrogens is 1. The lowest BCUT2D eigenvalue weighted by Gasteiger charge is -2.22. The molecule has 0 saturated heterocycles. The predicted molar refractivity (Wildman–Crippen MR) is 92.2 cm³/mol. The summed E-state index contributed by atoms with van der Waals surface area (Å²) in [5.41, 5.74) is 1.08. The Kier molecular flexibility index (Phi) is 5.39. The van der Waals surface area contributed by atoms with Crippen LogP contribution in [-0.2, 0) is 20.7 Å². The molecule has 1 amide bonds. The van der Waals surface area contributed by atoms with Crippen LogP contribution in [0.25, 0.3) is 10.9 Å². The number of benzene rings is 1. The molecule has 130 valence electrons. The van der Waals surface area contributed by atoms with Gasteiger partial charge < -0.3 is 19.8 Å². The van der Waals surface area contributed by atoms with Crippen LogP contribution in [0.2, 0.25) is 5.02 Å². The van der Waals surface area contributed by atoms with Gasteiger partial charge in [-0.3, -0.25) is 0 Å². The molecule has 1 heterocycles. The number of aromatic amines is 1. The third-order valence-electron chi connectivity index (χ3n) is 3.33. The maximum atomic E-state index is 12.0. The fraction of sp³-hybridized carbons (Fsp3) is 0.412. The van der Waals surface area contributed by atoms with Crippen molar-refractivity contribution in [2.45, 2.75) is 38.8 Å². The Hall–Kier alpha value is -2.21. The van der Waals surface area contributed by atoms with Crippen LogP contribution in [0.4, 0.5) is 4.79 Å². The van der Waals surface area contributed by atoms with E-state index in [0.29, 0.717) is 5.02 Å². The highest BCUT2D eigenvalue weighted by Gasteiger charge is 2.26. The number of amides is 1. The Morgan fingerprint density at radius 3 is 2.67 bits per heavy atom. The van der Waals surface area contributed by atoms with Crippen molar-refractivity contribution in [3.63, 3.8) is 0 Å². The molecule has 7 heteroatoms. The Morgan fingerprint density at radius 2 is 2.04 bits per heavy atom. The number of rotatable bonds is 4. The van der Waals surface area contributed by atoms with Crippen molar-refractivity contribution in [2.24, 2.45) is 0 Å². The second-order valence-electron chi connectivity index (χ2n) is 6.43. The number of methoxy groups -OCH3 is 1. The number of fused-ring (bicyclic) bond motifs is 1. The molecule has 0 aliphatic carbocycles. The highest BCUT2D eigenvalue weighted by Crippen LogP contribution is 2.23. The van der Waals surface area contributed by atoms with Gasteiger partial charge in [0, 0.05) is 28.5 Å². The van der Waals surface area contributed by atoms with E-state index in [1.807, 2.05) is 6.07 Å². The molecule has 6 nitrogen and oxygen atoms in total. The molecule has 2 aromatic rings. The number of carbonyl (C=O) groups excluding carboxylic acids is 2. The zero-order valence-corrected chi connectivity index (χ0v) is 14.9. The summed E-state index contributed by atoms with van der Waals surface area (Å²) < 4.78 is 9.98. The number of alkyl carbamates (subject to hydrolysis) is 1. The first-order chi connectivity index (χ1) is 11.2. The summed E-state index contributed by atoms with van der Waals surface area (Å²) in [6.45, 7) is 5.26. The van der Waals surface area contributed by atoms with Gasteiger partial charge >= 0.3 is 12.1 Å². The molecule has 2 N–H and O–H groups in total. The van der Waals surface area contributed by atoms with Crippen LogP contribution in [0.3, 0.4) is 0 Å². The number of esters is 1. The first-order valence-electron chi connectivity index (χ1n) is 7.52. The summed E-state index contributed by atoms with van der Waals surface area (Å²) in [6.07, 6.45) is 1.39. The molecule has 0 radical (unpaired) electrons. The van der Waals surface area contributed by atoms with Crippen molar-refractivity contribution >= 4 is 34.6 Å². The van der Waals surface area contributed by atoms with Crippen LogP contribution >= 0.6 is 11.6 Å². The largest absolute Gasteiger partial charge is 0.467 e. The van der Waals surface area contributed by atoms with Crippen LogP contribution < -0.4 is 5.32 Å². The van der Waals surface area contributed by atoms with E-state index in [1.165, 1.54) is 7.11 Å². The molecule has 1 aromatic carbocycles. The Morgan fingerprint density at radius 1 is 1.33 bits per heavy atom. The minimum absolute atomic E-state index is 0.271. The molecule has 1 atom stereocenters. The third kappa shape index (κ3) is 4.64. The van der Waals surface area contributed by atoms with Crippen LogP contribution in [0.15, 0.2) is 24.4 Å². The Bertz CT molecular complexity index is 749. The molecular weight excluding hydrogens is 332 g/mol. The number of nitrogens with one attached hydrogen (secondary N) is 2. The van der Waals surface area contributed by atoms with Gasteiger partial charge in [0.25, 0.3) is 0 Å². The average Bonchev–Trinajstić information content (AvgIpc) is 2.85. The topological polar surface area (TPSA) is 80.4 Å². The van der Waals surface area contributed by atoms with Gasteiger partial charge in [0.2, 0.25) is 0 Å². The molecule has 0 spiro atoms. The summed E-state index contributed by atoms with van der Waals surface area (Å²) in [6, 6.07) is 4.59. The van der Waals surface area contributed by atoms with Gasteiger partial charge in [-0.2, -0.15) is 0 Å². The van der Waals surface area contributed by atoms with Crippen molar-refractivity contribution < 1.29 is 19.1 Å². The van der Waals surface area contributed by atoms with Gasteiger partial charge in [0.05, 0.1) is 7.11 Å².